The normalized spacial score (nSPS) is 24.5. The number of halogens is 1. The van der Waals surface area contributed by atoms with Crippen LogP contribution in [0.2, 0.25) is 0 Å². The molecule has 5 rings (SSSR count). The molecular weight excluding hydrogens is 455 g/mol. The summed E-state index contributed by atoms with van der Waals surface area (Å²) in [6.07, 6.45) is 2.98. The molecule has 11 nitrogen and oxygen atoms in total. The van der Waals surface area contributed by atoms with Gasteiger partial charge in [0, 0.05) is 62.9 Å². The molecule has 5 heterocycles. The minimum absolute atomic E-state index is 0.0895. The molecular formula is C23H35FN8O3. The van der Waals surface area contributed by atoms with Gasteiger partial charge in [-0.05, 0) is 18.8 Å². The number of rotatable bonds is 7. The number of amides is 1. The van der Waals surface area contributed by atoms with Crippen molar-refractivity contribution in [3.8, 4) is 0 Å². The lowest BCUT2D eigenvalue weighted by molar-refractivity contribution is -0.00162. The Morgan fingerprint density at radius 3 is 2.71 bits per heavy atom. The summed E-state index contributed by atoms with van der Waals surface area (Å²) >= 11 is 0. The Balaban J connectivity index is 1.25. The minimum atomic E-state index is -1.43. The van der Waals surface area contributed by atoms with Crippen LogP contribution in [0.3, 0.4) is 0 Å². The van der Waals surface area contributed by atoms with Crippen molar-refractivity contribution in [2.24, 2.45) is 0 Å². The molecule has 192 valence electrons. The van der Waals surface area contributed by atoms with Gasteiger partial charge in [-0.25, -0.2) is 14.2 Å². The van der Waals surface area contributed by atoms with Crippen LogP contribution in [0, 0.1) is 0 Å². The van der Waals surface area contributed by atoms with Gasteiger partial charge < -0.3 is 30.7 Å². The highest BCUT2D eigenvalue weighted by molar-refractivity contribution is 5.68. The average molecular weight is 491 g/mol. The SMILES string of the molecule is CC(C)c1cnn2c(NC3CCN(C(=O)OCC4(F)CNC4)CC3)cc(N[C@H]3CN[C@H](O)C3)nc12. The highest BCUT2D eigenvalue weighted by atomic mass is 19.1. The molecule has 0 unspecified atom stereocenters. The number of aromatic nitrogens is 3. The lowest BCUT2D eigenvalue weighted by atomic mass is 10.0. The van der Waals surface area contributed by atoms with E-state index >= 15 is 0 Å². The Kier molecular flexibility index (Phi) is 6.69. The molecule has 0 aromatic carbocycles. The van der Waals surface area contributed by atoms with E-state index in [1.54, 1.807) is 4.90 Å². The number of ether oxygens (including phenoxy) is 1. The van der Waals surface area contributed by atoms with Crippen LogP contribution in [0.25, 0.3) is 5.65 Å². The highest BCUT2D eigenvalue weighted by Crippen LogP contribution is 2.27. The predicted molar refractivity (Wildman–Crippen MR) is 129 cm³/mol. The molecule has 0 radical (unpaired) electrons. The summed E-state index contributed by atoms with van der Waals surface area (Å²) in [6, 6.07) is 2.18. The number of carbonyl (C=O) groups is 1. The first-order chi connectivity index (χ1) is 16.8. The van der Waals surface area contributed by atoms with E-state index in [-0.39, 0.29) is 37.7 Å². The molecule has 0 saturated carbocycles. The quantitative estimate of drug-likeness (QED) is 0.390. The zero-order valence-electron chi connectivity index (χ0n) is 20.3. The summed E-state index contributed by atoms with van der Waals surface area (Å²) in [6.45, 7) is 6.23. The molecule has 1 amide bonds. The van der Waals surface area contributed by atoms with Crippen molar-refractivity contribution in [1.82, 2.24) is 30.1 Å². The second-order valence-electron chi connectivity index (χ2n) is 10.2. The van der Waals surface area contributed by atoms with Crippen LogP contribution >= 0.6 is 0 Å². The van der Waals surface area contributed by atoms with Crippen LogP contribution in [-0.2, 0) is 4.74 Å². The standard InChI is InChI=1S/C23H35FN8O3/c1-14(2)17-10-27-32-19(8-18(30-21(17)32)28-16-7-20(33)26-9-16)29-15-3-5-31(6-4-15)22(34)35-13-23(24)11-25-12-23/h8,10,14-16,20,25-26,29,33H,3-7,9,11-13H2,1-2H3,(H,28,30)/t16-,20-/m1/s1. The third kappa shape index (κ3) is 5.29. The molecule has 3 aliphatic rings. The Bertz CT molecular complexity index is 1050. The third-order valence-corrected chi connectivity index (χ3v) is 7.02. The Morgan fingerprint density at radius 1 is 1.31 bits per heavy atom. The van der Waals surface area contributed by atoms with Gasteiger partial charge in [-0.1, -0.05) is 13.8 Å². The number of likely N-dealkylation sites (tertiary alicyclic amines) is 1. The first-order valence-electron chi connectivity index (χ1n) is 12.4. The van der Waals surface area contributed by atoms with Crippen molar-refractivity contribution >= 4 is 23.4 Å². The lowest BCUT2D eigenvalue weighted by Crippen LogP contribution is -2.59. The molecule has 2 atom stereocenters. The smallest absolute Gasteiger partial charge is 0.409 e. The van der Waals surface area contributed by atoms with Gasteiger partial charge >= 0.3 is 6.09 Å². The fourth-order valence-electron chi connectivity index (χ4n) is 4.79. The Morgan fingerprint density at radius 2 is 2.09 bits per heavy atom. The summed E-state index contributed by atoms with van der Waals surface area (Å²) in [7, 11) is 0. The van der Waals surface area contributed by atoms with E-state index < -0.39 is 18.0 Å². The fourth-order valence-corrected chi connectivity index (χ4v) is 4.79. The number of piperidine rings is 1. The molecule has 0 aliphatic carbocycles. The van der Waals surface area contributed by atoms with Crippen molar-refractivity contribution < 1.29 is 19.0 Å². The van der Waals surface area contributed by atoms with Gasteiger partial charge in [0.15, 0.2) is 11.3 Å². The van der Waals surface area contributed by atoms with Gasteiger partial charge in [0.1, 0.15) is 24.5 Å². The first kappa shape index (κ1) is 24.0. The third-order valence-electron chi connectivity index (χ3n) is 7.02. The molecule has 35 heavy (non-hydrogen) atoms. The van der Waals surface area contributed by atoms with Crippen molar-refractivity contribution in [3.05, 3.63) is 17.8 Å². The van der Waals surface area contributed by atoms with E-state index in [2.05, 4.69) is 40.2 Å². The summed E-state index contributed by atoms with van der Waals surface area (Å²) in [5.74, 6) is 1.83. The molecule has 5 N–H and O–H groups in total. The number of aliphatic hydroxyl groups excluding tert-OH is 1. The van der Waals surface area contributed by atoms with E-state index in [1.165, 1.54) is 0 Å². The van der Waals surface area contributed by atoms with Gasteiger partial charge in [0.05, 0.1) is 6.20 Å². The van der Waals surface area contributed by atoms with Gasteiger partial charge in [-0.3, -0.25) is 5.32 Å². The van der Waals surface area contributed by atoms with E-state index in [9.17, 15) is 14.3 Å². The summed E-state index contributed by atoms with van der Waals surface area (Å²) in [5, 5.41) is 27.3. The van der Waals surface area contributed by atoms with Gasteiger partial charge in [-0.2, -0.15) is 9.61 Å². The molecule has 3 aliphatic heterocycles. The van der Waals surface area contributed by atoms with Crippen LogP contribution in [0.15, 0.2) is 12.3 Å². The van der Waals surface area contributed by atoms with E-state index in [4.69, 9.17) is 9.72 Å². The number of hydrogen-bond donors (Lipinski definition) is 5. The van der Waals surface area contributed by atoms with Crippen molar-refractivity contribution in [3.63, 3.8) is 0 Å². The van der Waals surface area contributed by atoms with Crippen LogP contribution in [0.1, 0.15) is 44.6 Å². The van der Waals surface area contributed by atoms with E-state index in [1.807, 2.05) is 16.8 Å². The molecule has 12 heteroatoms. The number of anilines is 2. The van der Waals surface area contributed by atoms with Gasteiger partial charge in [-0.15, -0.1) is 0 Å². The molecule has 0 spiro atoms. The molecule has 3 fully saturated rings. The Hall–Kier alpha value is -2.70. The fraction of sp³-hybridized carbons (Fsp3) is 0.696. The van der Waals surface area contributed by atoms with Crippen molar-refractivity contribution in [1.29, 1.82) is 0 Å². The second kappa shape index (κ2) is 9.75. The van der Waals surface area contributed by atoms with Crippen LogP contribution < -0.4 is 21.3 Å². The monoisotopic (exact) mass is 490 g/mol. The summed E-state index contributed by atoms with van der Waals surface area (Å²) in [5.41, 5.74) is 0.427. The summed E-state index contributed by atoms with van der Waals surface area (Å²) < 4.78 is 21.1. The van der Waals surface area contributed by atoms with E-state index in [0.29, 0.717) is 26.1 Å². The molecule has 2 aromatic rings. The van der Waals surface area contributed by atoms with Crippen LogP contribution in [0.4, 0.5) is 20.8 Å². The number of nitrogens with one attached hydrogen (secondary N) is 4. The topological polar surface area (TPSA) is 128 Å². The number of carbonyl (C=O) groups excluding carboxylic acids is 1. The number of alkyl halides is 1. The maximum absolute atomic E-state index is 14.1. The van der Waals surface area contributed by atoms with Crippen LogP contribution in [-0.4, -0.2) is 94.0 Å². The number of hydrogen-bond acceptors (Lipinski definition) is 9. The first-order valence-corrected chi connectivity index (χ1v) is 12.4. The highest BCUT2D eigenvalue weighted by Gasteiger charge is 2.39. The zero-order chi connectivity index (χ0) is 24.6. The lowest BCUT2D eigenvalue weighted by Gasteiger charge is -2.36. The second-order valence-corrected chi connectivity index (χ2v) is 10.2. The Labute approximate surface area is 203 Å². The van der Waals surface area contributed by atoms with Gasteiger partial charge in [0.2, 0.25) is 0 Å². The largest absolute Gasteiger partial charge is 0.446 e. The number of fused-ring (bicyclic) bond motifs is 1. The van der Waals surface area contributed by atoms with Crippen LogP contribution in [0.5, 0.6) is 0 Å². The van der Waals surface area contributed by atoms with Crippen molar-refractivity contribution in [2.75, 3.05) is 50.0 Å². The average Bonchev–Trinajstić information content (AvgIpc) is 3.43. The zero-order valence-corrected chi connectivity index (χ0v) is 20.3. The molecule has 2 aromatic heterocycles. The van der Waals surface area contributed by atoms with Crippen molar-refractivity contribution in [2.45, 2.75) is 63.0 Å². The predicted octanol–water partition coefficient (Wildman–Crippen LogP) is 1.27. The summed E-state index contributed by atoms with van der Waals surface area (Å²) in [4.78, 5) is 18.8. The molecule has 0 bridgehead atoms. The number of aliphatic hydroxyl groups is 1. The van der Waals surface area contributed by atoms with Gasteiger partial charge in [0.25, 0.3) is 0 Å². The molecule has 3 saturated heterocycles. The minimum Gasteiger partial charge on any atom is -0.446 e. The maximum atomic E-state index is 14.1. The number of nitrogens with zero attached hydrogens (tertiary/aromatic N) is 4. The van der Waals surface area contributed by atoms with E-state index in [0.717, 1.165) is 35.7 Å². The maximum Gasteiger partial charge on any atom is 0.409 e.